The van der Waals surface area contributed by atoms with Crippen molar-refractivity contribution in [3.63, 3.8) is 0 Å². The molecule has 27 heteroatoms. The smallest absolute Gasteiger partial charge is 0.405 e. The maximum absolute atomic E-state index is 13.6. The topological polar surface area (TPSA) is 399 Å². The van der Waals surface area contributed by atoms with Gasteiger partial charge in [0.15, 0.2) is 17.2 Å². The number of aliphatic carboxylic acids is 1. The molecule has 1 aromatic rings. The summed E-state index contributed by atoms with van der Waals surface area (Å²) in [5, 5.41) is 67.1. The van der Waals surface area contributed by atoms with Gasteiger partial charge in [-0.05, 0) is 120 Å². The van der Waals surface area contributed by atoms with E-state index in [1.165, 1.54) is 26.4 Å². The van der Waals surface area contributed by atoms with Gasteiger partial charge in [0.1, 0.15) is 18.0 Å². The lowest BCUT2D eigenvalue weighted by molar-refractivity contribution is -0.664. The van der Waals surface area contributed by atoms with E-state index in [0.29, 0.717) is 58.5 Å². The molecule has 15 N–H and O–H groups in total. The molecule has 0 radical (unpaired) electrons. The highest BCUT2D eigenvalue weighted by atomic mass is 35.5. The molecular formula is C73H108Cl3N7O17. The number of halogens is 3. The number of carboxylic acids is 1. The first-order valence-corrected chi connectivity index (χ1v) is 33.7. The van der Waals surface area contributed by atoms with Crippen molar-refractivity contribution in [2.75, 3.05) is 52.3 Å². The standard InChI is InChI=1S/C31H42N2O7.C30H43N3O7.C6H10ClNO.C6H11NO2.2ClH/c1-8-9-13-22-23-15-21(6)29(39-7)26(35)19(4)14-20(5)28(40-31(32)38)17(2)11-10-12-18(3)30(37)33-24(27(23)36)16-25(22)34;1-8-12-32-24-21-14-20(6)28(39-7)25(35)18(4)13-19(5)27(40-30(31)38)16(2)10-9-11-17(3)29(37)33-22(26(21)36)15-23(24)34;7-6(9)5-1-3-8-4-2-5;8-6(9)5-1-3-7-4-2-5;;/h8,10-12,14,16-17,19,21,26,28-29,35H,1,9,13,15H2,2-7H3,(H2,32,38)(H,33,37);8-11,13,15-16,18,20,25,27-28,32,34-36H,1,12,14H2,2-7H3,(H2,31,38)(H,33,37);5,8H,1-4H2;5,7H,1-4H2,(H,8,9);2*1H/b11-10-,18-12+,20-14+;10-9-,17-11+,19-13+;;;;/t17-,19-,21+,26+,28+,29-;16-,18-,20+,25+,27+,28-;;;;/m00..../s1. The number of quaternary nitrogens is 2. The average Bonchev–Trinajstić information content (AvgIpc) is 0.797. The number of phenolic OH excluding ortho intramolecular Hbond substituents is 2. The number of methoxy groups -OCH3 is 2. The number of aromatic hydroxyl groups is 2. The number of carboxylic acid groups (broad SMARTS) is 1. The number of fused-ring (bicyclic) bond motifs is 4. The van der Waals surface area contributed by atoms with Crippen LogP contribution in [0.25, 0.3) is 0 Å². The normalized spacial score (nSPS) is 28.9. The number of aliphatic hydroxyl groups excluding tert-OH is 2. The van der Waals surface area contributed by atoms with Crippen LogP contribution in [-0.2, 0) is 54.1 Å². The molecule has 0 saturated carbocycles. The molecule has 1 aromatic carbocycles. The number of Topliss-reactive ketones (excluding diaryl/α,β-unsaturated/α-hetero) is 1. The van der Waals surface area contributed by atoms with Crippen LogP contribution in [0.3, 0.4) is 0 Å². The largest absolute Gasteiger partial charge is 1.00 e. The Hall–Kier alpha value is -7.23. The first-order chi connectivity index (χ1) is 46.2. The summed E-state index contributed by atoms with van der Waals surface area (Å²) in [6, 6.07) is 1.31. The Morgan fingerprint density at radius 2 is 1.21 bits per heavy atom. The Balaban J connectivity index is 0.000000782. The molecule has 1 aliphatic carbocycles. The van der Waals surface area contributed by atoms with Crippen LogP contribution in [0.5, 0.6) is 11.5 Å². The molecule has 2 fully saturated rings. The highest BCUT2D eigenvalue weighted by Crippen LogP contribution is 2.41. The van der Waals surface area contributed by atoms with E-state index in [0.717, 1.165) is 51.9 Å². The molecule has 4 heterocycles. The van der Waals surface area contributed by atoms with Crippen molar-refractivity contribution in [2.45, 2.75) is 157 Å². The maximum Gasteiger partial charge on any atom is 0.405 e. The van der Waals surface area contributed by atoms with Crippen molar-refractivity contribution >= 4 is 82.2 Å². The number of ketones is 2. The van der Waals surface area contributed by atoms with Crippen LogP contribution in [0.15, 0.2) is 125 Å². The van der Waals surface area contributed by atoms with Gasteiger partial charge in [0.05, 0.1) is 61.0 Å². The lowest BCUT2D eigenvalue weighted by Crippen LogP contribution is -3.00. The Bertz CT molecular complexity index is 3210. The summed E-state index contributed by atoms with van der Waals surface area (Å²) in [5.74, 6) is -5.15. The number of carbonyl (C=O) groups excluding carboxylic acids is 8. The second-order valence-corrected chi connectivity index (χ2v) is 26.2. The van der Waals surface area contributed by atoms with Gasteiger partial charge < -0.3 is 99.7 Å². The summed E-state index contributed by atoms with van der Waals surface area (Å²) in [5.41, 5.74) is 14.2. The maximum atomic E-state index is 13.6. The number of hydrogen-bond acceptors (Lipinski definition) is 18. The van der Waals surface area contributed by atoms with E-state index in [2.05, 4.69) is 34.4 Å². The molecule has 0 aromatic heterocycles. The summed E-state index contributed by atoms with van der Waals surface area (Å²) < 4.78 is 22.2. The van der Waals surface area contributed by atoms with Gasteiger partial charge in [0.25, 0.3) is 11.8 Å². The number of anilines is 1. The number of rotatable bonds is 12. The van der Waals surface area contributed by atoms with E-state index in [1.807, 2.05) is 53.7 Å². The van der Waals surface area contributed by atoms with Crippen molar-refractivity contribution < 1.29 is 106 Å². The third-order valence-electron chi connectivity index (χ3n) is 18.0. The van der Waals surface area contributed by atoms with Crippen LogP contribution < -0.4 is 55.6 Å². The molecule has 6 rings (SSSR count). The lowest BCUT2D eigenvalue weighted by Gasteiger charge is -2.32. The van der Waals surface area contributed by atoms with E-state index in [-0.39, 0.29) is 113 Å². The number of hydrogen-bond donors (Lipinski definition) is 11. The van der Waals surface area contributed by atoms with Crippen LogP contribution >= 0.6 is 24.0 Å². The Kier molecular flexibility index (Phi) is 41.4. The summed E-state index contributed by atoms with van der Waals surface area (Å²) in [7, 11) is 2.98. The van der Waals surface area contributed by atoms with Crippen molar-refractivity contribution in [1.82, 2.24) is 10.6 Å². The highest BCUT2D eigenvalue weighted by Gasteiger charge is 2.37. The van der Waals surface area contributed by atoms with E-state index in [9.17, 15) is 63.9 Å². The zero-order chi connectivity index (χ0) is 73.7. The van der Waals surface area contributed by atoms with E-state index in [1.54, 1.807) is 81.6 Å². The van der Waals surface area contributed by atoms with Gasteiger partial charge in [-0.15, -0.1) is 19.0 Å². The van der Waals surface area contributed by atoms with Gasteiger partial charge >= 0.3 is 12.2 Å². The number of carbonyl (C=O) groups is 8. The number of benzene rings is 1. The second kappa shape index (κ2) is 45.6. The molecule has 100 heavy (non-hydrogen) atoms. The van der Waals surface area contributed by atoms with Gasteiger partial charge in [-0.25, -0.2) is 9.59 Å². The highest BCUT2D eigenvalue weighted by molar-refractivity contribution is 6.64. The fourth-order valence-corrected chi connectivity index (χ4v) is 12.6. The molecule has 2 saturated heterocycles. The van der Waals surface area contributed by atoms with E-state index in [4.69, 9.17) is 42.0 Å². The Morgan fingerprint density at radius 3 is 1.63 bits per heavy atom. The first kappa shape index (κ1) is 90.8. The molecule has 0 unspecified atom stereocenters. The van der Waals surface area contributed by atoms with Gasteiger partial charge in [-0.1, -0.05) is 103 Å². The van der Waals surface area contributed by atoms with Crippen molar-refractivity contribution in [2.24, 2.45) is 58.8 Å². The average molecular weight is 1460 g/mol. The Labute approximate surface area is 606 Å². The number of nitrogens with one attached hydrogen (secondary N) is 3. The SMILES string of the molecule is C=CCCC1=C2C[C@@H](C)[C@H](OC)[C@H](O)[C@@H](C)/C=C(\C)[C@H](OC(N)=O)[C@@H](C)/C=C\C=C(/C)C(=O)NC(=CC1=O)C2=O.C=CC[NH2+]c1c(O)cc2c(O)c1C[C@@H](C)[C@H](OC)[C@H](O)[C@@H](C)/C=C(\C)[C@H](OC(N)=O)[C@@H](C)/C=C\C=C(/C)C(=O)N2.Cl.O=C(Cl)C1CCNCC1.O=C([O-])C1CC[NH2+]CC1.[Cl-]. The van der Waals surface area contributed by atoms with Crippen LogP contribution in [0.1, 0.15) is 120 Å². The van der Waals surface area contributed by atoms with Gasteiger partial charge in [0, 0.05) is 103 Å². The van der Waals surface area contributed by atoms with Crippen molar-refractivity contribution in [1.29, 1.82) is 0 Å². The van der Waals surface area contributed by atoms with Crippen LogP contribution in [-0.4, -0.2) is 151 Å². The number of amides is 4. The fraction of sp³-hybridized carbons (Fsp3) is 0.534. The lowest BCUT2D eigenvalue weighted by atomic mass is 9.81. The van der Waals surface area contributed by atoms with Crippen molar-refractivity contribution in [3.05, 3.63) is 131 Å². The van der Waals surface area contributed by atoms with Gasteiger partial charge in [-0.2, -0.15) is 0 Å². The summed E-state index contributed by atoms with van der Waals surface area (Å²) >= 11 is 5.29. The molecule has 5 aliphatic rings. The third kappa shape index (κ3) is 28.3. The number of allylic oxidation sites excluding steroid dienone is 8. The molecule has 558 valence electrons. The van der Waals surface area contributed by atoms with Crippen LogP contribution in [0.4, 0.5) is 21.0 Å². The minimum Gasteiger partial charge on any atom is -1.00 e. The predicted octanol–water partition coefficient (Wildman–Crippen LogP) is 3.06. The summed E-state index contributed by atoms with van der Waals surface area (Å²) in [6.45, 7) is 29.5. The number of primary amides is 2. The first-order valence-electron chi connectivity index (χ1n) is 33.4. The predicted molar refractivity (Wildman–Crippen MR) is 380 cm³/mol. The molecule has 12 atom stereocenters. The van der Waals surface area contributed by atoms with E-state index < -0.39 is 84.2 Å². The molecule has 4 amide bonds. The quantitative estimate of drug-likeness (QED) is 0.0358. The fourth-order valence-electron chi connectivity index (χ4n) is 12.4. The number of aliphatic hydroxyl groups is 2. The van der Waals surface area contributed by atoms with Crippen LogP contribution in [0.2, 0.25) is 0 Å². The molecular weight excluding hydrogens is 1350 g/mol. The monoisotopic (exact) mass is 1460 g/mol. The zero-order valence-electron chi connectivity index (χ0n) is 59.7. The minimum absolute atomic E-state index is 0. The third-order valence-corrected chi connectivity index (χ3v) is 18.3. The minimum atomic E-state index is -0.985. The summed E-state index contributed by atoms with van der Waals surface area (Å²) in [6.07, 6.45) is 16.2. The van der Waals surface area contributed by atoms with Crippen LogP contribution in [0, 0.1) is 47.3 Å². The van der Waals surface area contributed by atoms with Gasteiger partial charge in [0.2, 0.25) is 11.0 Å². The summed E-state index contributed by atoms with van der Waals surface area (Å²) in [4.78, 5) is 96.6. The van der Waals surface area contributed by atoms with Crippen molar-refractivity contribution in [3.8, 4) is 11.5 Å². The zero-order valence-corrected chi connectivity index (χ0v) is 62.0. The van der Waals surface area contributed by atoms with E-state index >= 15 is 0 Å². The molecule has 4 bridgehead atoms. The number of phenols is 2. The number of nitrogens with two attached hydrogens (primary N) is 4. The van der Waals surface area contributed by atoms with Gasteiger partial charge in [-0.3, -0.25) is 24.0 Å². The molecule has 0 spiro atoms. The second-order valence-electron chi connectivity index (χ2n) is 25.8. The number of piperidine rings is 2. The molecule has 24 nitrogen and oxygen atoms in total. The Morgan fingerprint density at radius 1 is 0.730 bits per heavy atom. The molecule has 4 aliphatic heterocycles. The number of ether oxygens (including phenoxy) is 4.